The third kappa shape index (κ3) is 1.93. The van der Waals surface area contributed by atoms with Crippen LogP contribution >= 0.6 is 0 Å². The molecular formula is C7H15NO2S. The highest BCUT2D eigenvalue weighted by molar-refractivity contribution is 7.92. The molecule has 1 aliphatic heterocycles. The third-order valence-electron chi connectivity index (χ3n) is 2.43. The molecule has 0 saturated carbocycles. The van der Waals surface area contributed by atoms with Gasteiger partial charge in [0.1, 0.15) is 0 Å². The van der Waals surface area contributed by atoms with Gasteiger partial charge in [-0.15, -0.1) is 0 Å². The minimum atomic E-state index is -2.65. The van der Waals surface area contributed by atoms with Gasteiger partial charge in [-0.1, -0.05) is 13.3 Å². The second-order valence-corrected chi connectivity index (χ2v) is 5.39. The minimum Gasteiger partial charge on any atom is -0.330 e. The second kappa shape index (κ2) is 3.11. The van der Waals surface area contributed by atoms with Crippen LogP contribution in [0.5, 0.6) is 0 Å². The molecule has 0 radical (unpaired) electrons. The van der Waals surface area contributed by atoms with Crippen molar-refractivity contribution < 1.29 is 8.42 Å². The normalized spacial score (nSPS) is 26.0. The highest BCUT2D eigenvalue weighted by Gasteiger charge is 2.37. The van der Waals surface area contributed by atoms with E-state index in [0.717, 1.165) is 6.42 Å². The van der Waals surface area contributed by atoms with E-state index in [9.17, 15) is 8.42 Å². The predicted octanol–water partition coefficient (Wildman–Crippen LogP) is 0.0159. The molecule has 4 heteroatoms. The van der Waals surface area contributed by atoms with Crippen molar-refractivity contribution >= 4 is 9.84 Å². The van der Waals surface area contributed by atoms with Crippen molar-refractivity contribution in [1.82, 2.24) is 0 Å². The molecule has 2 N–H and O–H groups in total. The zero-order valence-electron chi connectivity index (χ0n) is 6.79. The molecule has 0 spiro atoms. The Kier molecular flexibility index (Phi) is 2.54. The van der Waals surface area contributed by atoms with Crippen LogP contribution in [0, 0.1) is 11.8 Å². The summed E-state index contributed by atoms with van der Waals surface area (Å²) in [5.41, 5.74) is 5.49. The Morgan fingerprint density at radius 2 is 2.09 bits per heavy atom. The van der Waals surface area contributed by atoms with Crippen molar-refractivity contribution in [3.8, 4) is 0 Å². The van der Waals surface area contributed by atoms with E-state index in [1.165, 1.54) is 0 Å². The monoisotopic (exact) mass is 177 g/mol. The molecule has 1 aliphatic rings. The standard InChI is InChI=1S/C7H15NO2S/c1-2-6(3-8)7-4-11(9,10)5-7/h6-7H,2-5,8H2,1H3. The van der Waals surface area contributed by atoms with Gasteiger partial charge in [0.05, 0.1) is 11.5 Å². The molecule has 1 fully saturated rings. The molecule has 1 heterocycles. The van der Waals surface area contributed by atoms with E-state index < -0.39 is 9.84 Å². The van der Waals surface area contributed by atoms with Crippen LogP contribution in [0.15, 0.2) is 0 Å². The highest BCUT2D eigenvalue weighted by atomic mass is 32.2. The van der Waals surface area contributed by atoms with E-state index in [2.05, 4.69) is 6.92 Å². The molecule has 66 valence electrons. The Labute approximate surface area is 67.9 Å². The lowest BCUT2D eigenvalue weighted by atomic mass is 9.93. The van der Waals surface area contributed by atoms with Crippen molar-refractivity contribution in [2.45, 2.75) is 13.3 Å². The van der Waals surface area contributed by atoms with Crippen LogP contribution in [-0.2, 0) is 9.84 Å². The molecule has 1 unspecified atom stereocenters. The Morgan fingerprint density at radius 3 is 2.36 bits per heavy atom. The summed E-state index contributed by atoms with van der Waals surface area (Å²) in [5, 5.41) is 0. The lowest BCUT2D eigenvalue weighted by Gasteiger charge is -2.31. The Balaban J connectivity index is 2.42. The van der Waals surface area contributed by atoms with Gasteiger partial charge in [-0.25, -0.2) is 8.42 Å². The molecule has 0 bridgehead atoms. The molecular weight excluding hydrogens is 162 g/mol. The fraction of sp³-hybridized carbons (Fsp3) is 1.00. The first-order valence-corrected chi connectivity index (χ1v) is 5.81. The van der Waals surface area contributed by atoms with Gasteiger partial charge in [0.15, 0.2) is 9.84 Å². The zero-order chi connectivity index (χ0) is 8.48. The maximum Gasteiger partial charge on any atom is 0.150 e. The van der Waals surface area contributed by atoms with Crippen molar-refractivity contribution in [2.24, 2.45) is 17.6 Å². The molecule has 0 aromatic rings. The molecule has 1 saturated heterocycles. The van der Waals surface area contributed by atoms with Crippen molar-refractivity contribution in [1.29, 1.82) is 0 Å². The van der Waals surface area contributed by atoms with E-state index in [-0.39, 0.29) is 0 Å². The van der Waals surface area contributed by atoms with Crippen LogP contribution in [-0.4, -0.2) is 26.5 Å². The van der Waals surface area contributed by atoms with Gasteiger partial charge in [-0.2, -0.15) is 0 Å². The van der Waals surface area contributed by atoms with Gasteiger partial charge in [0.25, 0.3) is 0 Å². The van der Waals surface area contributed by atoms with Crippen LogP contribution in [0.2, 0.25) is 0 Å². The fourth-order valence-electron chi connectivity index (χ4n) is 1.57. The van der Waals surface area contributed by atoms with Gasteiger partial charge < -0.3 is 5.73 Å². The topological polar surface area (TPSA) is 60.2 Å². The van der Waals surface area contributed by atoms with E-state index in [1.807, 2.05) is 0 Å². The third-order valence-corrected chi connectivity index (χ3v) is 4.30. The summed E-state index contributed by atoms with van der Waals surface area (Å²) >= 11 is 0. The number of rotatable bonds is 3. The number of hydrogen-bond donors (Lipinski definition) is 1. The quantitative estimate of drug-likeness (QED) is 0.661. The first-order valence-electron chi connectivity index (χ1n) is 3.99. The van der Waals surface area contributed by atoms with Crippen molar-refractivity contribution in [3.05, 3.63) is 0 Å². The second-order valence-electron chi connectivity index (χ2n) is 3.24. The molecule has 3 nitrogen and oxygen atoms in total. The Hall–Kier alpha value is -0.0900. The molecule has 0 aromatic heterocycles. The summed E-state index contributed by atoms with van der Waals surface area (Å²) in [6.07, 6.45) is 0.997. The summed E-state index contributed by atoms with van der Waals surface area (Å²) in [6.45, 7) is 2.68. The first kappa shape index (κ1) is 9.00. The minimum absolute atomic E-state index is 0.343. The summed E-state index contributed by atoms with van der Waals surface area (Å²) in [6, 6.07) is 0. The van der Waals surface area contributed by atoms with Gasteiger partial charge >= 0.3 is 0 Å². The zero-order valence-corrected chi connectivity index (χ0v) is 7.60. The van der Waals surface area contributed by atoms with Gasteiger partial charge in [-0.3, -0.25) is 0 Å². The van der Waals surface area contributed by atoms with E-state index in [0.29, 0.717) is 29.9 Å². The summed E-state index contributed by atoms with van der Waals surface area (Å²) in [5.74, 6) is 1.49. The fourth-order valence-corrected chi connectivity index (χ4v) is 3.32. The summed E-state index contributed by atoms with van der Waals surface area (Å²) < 4.78 is 21.6. The summed E-state index contributed by atoms with van der Waals surface area (Å²) in [7, 11) is -2.65. The molecule has 11 heavy (non-hydrogen) atoms. The van der Waals surface area contributed by atoms with Crippen LogP contribution in [0.4, 0.5) is 0 Å². The van der Waals surface area contributed by atoms with Crippen LogP contribution < -0.4 is 5.73 Å². The largest absolute Gasteiger partial charge is 0.330 e. The average Bonchev–Trinajstić information content (AvgIpc) is 1.86. The van der Waals surface area contributed by atoms with Gasteiger partial charge in [0, 0.05) is 0 Å². The molecule has 1 rings (SSSR count). The Bertz CT molecular complexity index is 207. The van der Waals surface area contributed by atoms with Crippen LogP contribution in [0.1, 0.15) is 13.3 Å². The molecule has 0 aromatic carbocycles. The average molecular weight is 177 g/mol. The van der Waals surface area contributed by atoms with E-state index in [1.54, 1.807) is 0 Å². The van der Waals surface area contributed by atoms with Gasteiger partial charge in [0.2, 0.25) is 0 Å². The Morgan fingerprint density at radius 1 is 1.55 bits per heavy atom. The smallest absolute Gasteiger partial charge is 0.150 e. The predicted molar refractivity (Wildman–Crippen MR) is 45.0 cm³/mol. The number of nitrogens with two attached hydrogens (primary N) is 1. The van der Waals surface area contributed by atoms with Crippen molar-refractivity contribution in [2.75, 3.05) is 18.1 Å². The first-order chi connectivity index (χ1) is 5.09. The lowest BCUT2D eigenvalue weighted by Crippen LogP contribution is -2.43. The van der Waals surface area contributed by atoms with E-state index in [4.69, 9.17) is 5.73 Å². The maximum atomic E-state index is 10.8. The number of hydrogen-bond acceptors (Lipinski definition) is 3. The maximum absolute atomic E-state index is 10.8. The van der Waals surface area contributed by atoms with Crippen LogP contribution in [0.3, 0.4) is 0 Å². The molecule has 0 aliphatic carbocycles. The van der Waals surface area contributed by atoms with Crippen molar-refractivity contribution in [3.63, 3.8) is 0 Å². The van der Waals surface area contributed by atoms with E-state index >= 15 is 0 Å². The number of sulfone groups is 1. The highest BCUT2D eigenvalue weighted by Crippen LogP contribution is 2.27. The SMILES string of the molecule is CCC(CN)C1CS(=O)(=O)C1. The van der Waals surface area contributed by atoms with Gasteiger partial charge in [-0.05, 0) is 18.4 Å². The summed E-state index contributed by atoms with van der Waals surface area (Å²) in [4.78, 5) is 0. The van der Waals surface area contributed by atoms with Crippen LogP contribution in [0.25, 0.3) is 0 Å². The molecule has 0 amide bonds. The lowest BCUT2D eigenvalue weighted by molar-refractivity contribution is 0.359. The molecule has 1 atom stereocenters.